The van der Waals surface area contributed by atoms with Crippen LogP contribution in [0.4, 0.5) is 4.39 Å². The third kappa shape index (κ3) is 2.08. The minimum Gasteiger partial charge on any atom is -0.351 e. The average Bonchev–Trinajstić information content (AvgIpc) is 3.14. The van der Waals surface area contributed by atoms with Gasteiger partial charge in [-0.1, -0.05) is 35.5 Å². The van der Waals surface area contributed by atoms with Gasteiger partial charge in [-0.05, 0) is 24.3 Å². The number of nitrogens with zero attached hydrogens (tertiary/aromatic N) is 2. The molecule has 0 unspecified atom stereocenters. The van der Waals surface area contributed by atoms with Crippen molar-refractivity contribution < 1.29 is 8.91 Å². The largest absolute Gasteiger partial charge is 0.351 e. The molecular weight excluding hydrogens is 269 g/mol. The summed E-state index contributed by atoms with van der Waals surface area (Å²) < 4.78 is 18.5. The molecule has 0 radical (unpaired) electrons. The van der Waals surface area contributed by atoms with Gasteiger partial charge in [0.05, 0.1) is 0 Å². The van der Waals surface area contributed by atoms with E-state index >= 15 is 0 Å². The summed E-state index contributed by atoms with van der Waals surface area (Å²) in [6, 6.07) is 15.9. The number of H-pyrrole nitrogens is 1. The van der Waals surface area contributed by atoms with Gasteiger partial charge in [-0.3, -0.25) is 0 Å². The quantitative estimate of drug-likeness (QED) is 0.603. The zero-order chi connectivity index (χ0) is 14.2. The van der Waals surface area contributed by atoms with Crippen LogP contribution in [-0.2, 0) is 0 Å². The van der Waals surface area contributed by atoms with E-state index in [1.54, 1.807) is 12.1 Å². The second-order valence-electron chi connectivity index (χ2n) is 4.70. The molecule has 0 bridgehead atoms. The lowest BCUT2D eigenvalue weighted by molar-refractivity contribution is 0.431. The van der Waals surface area contributed by atoms with Crippen molar-refractivity contribution in [2.24, 2.45) is 0 Å². The molecule has 2 aromatic carbocycles. The number of hydrogen-bond donors (Lipinski definition) is 1. The summed E-state index contributed by atoms with van der Waals surface area (Å²) in [6.45, 7) is 0. The van der Waals surface area contributed by atoms with Gasteiger partial charge in [0.2, 0.25) is 5.82 Å². The van der Waals surface area contributed by atoms with E-state index in [9.17, 15) is 4.39 Å². The number of aromatic amines is 1. The monoisotopic (exact) mass is 279 g/mol. The average molecular weight is 279 g/mol. The van der Waals surface area contributed by atoms with Crippen LogP contribution >= 0.6 is 0 Å². The minimum atomic E-state index is -0.329. The Hall–Kier alpha value is -2.95. The molecule has 2 heterocycles. The van der Waals surface area contributed by atoms with E-state index in [4.69, 9.17) is 4.52 Å². The maximum atomic E-state index is 13.2. The van der Waals surface area contributed by atoms with Gasteiger partial charge in [-0.25, -0.2) is 4.39 Å². The maximum absolute atomic E-state index is 13.2. The van der Waals surface area contributed by atoms with E-state index in [-0.39, 0.29) is 5.82 Å². The van der Waals surface area contributed by atoms with Crippen LogP contribution < -0.4 is 0 Å². The first-order valence-corrected chi connectivity index (χ1v) is 6.47. The van der Waals surface area contributed by atoms with Crippen molar-refractivity contribution >= 4 is 10.9 Å². The second-order valence-corrected chi connectivity index (χ2v) is 4.70. The standard InChI is InChI=1S/C16H10FN3O/c17-12-6-3-5-11(8-12)15-19-16(21-20-15)14-9-10-4-1-2-7-13(10)18-14/h1-9,18H. The van der Waals surface area contributed by atoms with Crippen molar-refractivity contribution in [3.63, 3.8) is 0 Å². The van der Waals surface area contributed by atoms with Crippen LogP contribution in [0.1, 0.15) is 0 Å². The second kappa shape index (κ2) is 4.56. The first-order chi connectivity index (χ1) is 10.3. The smallest absolute Gasteiger partial charge is 0.274 e. The lowest BCUT2D eigenvalue weighted by Crippen LogP contribution is -1.82. The molecule has 0 aliphatic heterocycles. The van der Waals surface area contributed by atoms with Gasteiger partial charge in [-0.15, -0.1) is 0 Å². The first-order valence-electron chi connectivity index (χ1n) is 6.47. The summed E-state index contributed by atoms with van der Waals surface area (Å²) in [5.41, 5.74) is 2.32. The summed E-state index contributed by atoms with van der Waals surface area (Å²) in [5, 5.41) is 4.97. The van der Waals surface area contributed by atoms with Crippen molar-refractivity contribution in [2.75, 3.05) is 0 Å². The SMILES string of the molecule is Fc1cccc(-c2noc(-c3cc4ccccc4[nH]3)n2)c1. The zero-order valence-corrected chi connectivity index (χ0v) is 10.9. The molecule has 0 spiro atoms. The Morgan fingerprint density at radius 1 is 1.00 bits per heavy atom. The van der Waals surface area contributed by atoms with Crippen molar-refractivity contribution in [3.05, 3.63) is 60.4 Å². The highest BCUT2D eigenvalue weighted by Crippen LogP contribution is 2.25. The Balaban J connectivity index is 1.77. The van der Waals surface area contributed by atoms with E-state index < -0.39 is 0 Å². The summed E-state index contributed by atoms with van der Waals surface area (Å²) in [6.07, 6.45) is 0. The third-order valence-electron chi connectivity index (χ3n) is 3.27. The number of halogens is 1. The Labute approximate surface area is 119 Å². The number of hydrogen-bond acceptors (Lipinski definition) is 3. The van der Waals surface area contributed by atoms with Crippen molar-refractivity contribution in [1.29, 1.82) is 0 Å². The molecule has 0 aliphatic carbocycles. The highest BCUT2D eigenvalue weighted by Gasteiger charge is 2.13. The normalized spacial score (nSPS) is 11.1. The number of para-hydroxylation sites is 1. The molecule has 0 fully saturated rings. The fourth-order valence-electron chi connectivity index (χ4n) is 2.27. The third-order valence-corrected chi connectivity index (χ3v) is 3.27. The predicted octanol–water partition coefficient (Wildman–Crippen LogP) is 4.02. The van der Waals surface area contributed by atoms with Crippen LogP contribution in [0.25, 0.3) is 33.9 Å². The molecule has 102 valence electrons. The number of fused-ring (bicyclic) bond motifs is 1. The molecule has 5 heteroatoms. The molecule has 4 rings (SSSR count). The number of nitrogens with one attached hydrogen (secondary N) is 1. The number of aromatic nitrogens is 3. The number of rotatable bonds is 2. The maximum Gasteiger partial charge on any atom is 0.274 e. The topological polar surface area (TPSA) is 54.7 Å². The van der Waals surface area contributed by atoms with Crippen LogP contribution in [0.5, 0.6) is 0 Å². The summed E-state index contributed by atoms with van der Waals surface area (Å²) in [5.74, 6) is 0.415. The minimum absolute atomic E-state index is 0.329. The van der Waals surface area contributed by atoms with Gasteiger partial charge >= 0.3 is 0 Å². The van der Waals surface area contributed by atoms with E-state index in [0.717, 1.165) is 16.6 Å². The fourth-order valence-corrected chi connectivity index (χ4v) is 2.27. The van der Waals surface area contributed by atoms with E-state index in [1.165, 1.54) is 12.1 Å². The van der Waals surface area contributed by atoms with E-state index in [0.29, 0.717) is 17.3 Å². The predicted molar refractivity (Wildman–Crippen MR) is 77.0 cm³/mol. The molecule has 21 heavy (non-hydrogen) atoms. The lowest BCUT2D eigenvalue weighted by Gasteiger charge is -1.92. The van der Waals surface area contributed by atoms with Crippen molar-refractivity contribution in [1.82, 2.24) is 15.1 Å². The van der Waals surface area contributed by atoms with Crippen molar-refractivity contribution in [3.8, 4) is 23.0 Å². The van der Waals surface area contributed by atoms with Crippen LogP contribution in [0.2, 0.25) is 0 Å². The molecule has 4 nitrogen and oxygen atoms in total. The van der Waals surface area contributed by atoms with Crippen LogP contribution in [0.3, 0.4) is 0 Å². The Kier molecular flexibility index (Phi) is 2.57. The Morgan fingerprint density at radius 2 is 1.90 bits per heavy atom. The zero-order valence-electron chi connectivity index (χ0n) is 10.9. The molecule has 0 saturated carbocycles. The molecular formula is C16H10FN3O. The first kappa shape index (κ1) is 11.8. The van der Waals surface area contributed by atoms with Crippen LogP contribution in [0, 0.1) is 5.82 Å². The van der Waals surface area contributed by atoms with Gasteiger partial charge in [0.25, 0.3) is 5.89 Å². The molecule has 0 saturated heterocycles. The van der Waals surface area contributed by atoms with Crippen molar-refractivity contribution in [2.45, 2.75) is 0 Å². The van der Waals surface area contributed by atoms with Crippen LogP contribution in [0.15, 0.2) is 59.1 Å². The summed E-state index contributed by atoms with van der Waals surface area (Å²) in [7, 11) is 0. The van der Waals surface area contributed by atoms with Gasteiger partial charge in [0, 0.05) is 16.5 Å². The van der Waals surface area contributed by atoms with Crippen LogP contribution in [-0.4, -0.2) is 15.1 Å². The van der Waals surface area contributed by atoms with Gasteiger partial charge in [0.15, 0.2) is 0 Å². The summed E-state index contributed by atoms with van der Waals surface area (Å²) >= 11 is 0. The lowest BCUT2D eigenvalue weighted by atomic mass is 10.2. The Morgan fingerprint density at radius 3 is 2.76 bits per heavy atom. The summed E-state index contributed by atoms with van der Waals surface area (Å²) in [4.78, 5) is 7.53. The van der Waals surface area contributed by atoms with E-state index in [1.807, 2.05) is 30.3 Å². The number of benzene rings is 2. The highest BCUT2D eigenvalue weighted by atomic mass is 19.1. The molecule has 0 atom stereocenters. The molecule has 0 amide bonds. The van der Waals surface area contributed by atoms with Gasteiger partial charge < -0.3 is 9.51 Å². The highest BCUT2D eigenvalue weighted by molar-refractivity contribution is 5.84. The van der Waals surface area contributed by atoms with Gasteiger partial charge in [0.1, 0.15) is 11.5 Å². The molecule has 4 aromatic rings. The molecule has 1 N–H and O–H groups in total. The fraction of sp³-hybridized carbons (Fsp3) is 0. The Bertz CT molecular complexity index is 893. The van der Waals surface area contributed by atoms with E-state index in [2.05, 4.69) is 15.1 Å². The van der Waals surface area contributed by atoms with Gasteiger partial charge in [-0.2, -0.15) is 4.98 Å². The molecule has 0 aliphatic rings. The molecule has 2 aromatic heterocycles.